The number of nitrogens with two attached hydrogens (primary N) is 1. The molecule has 140 valence electrons. The third-order valence-electron chi connectivity index (χ3n) is 6.10. The van der Waals surface area contributed by atoms with Gasteiger partial charge in [-0.25, -0.2) is 4.99 Å². The highest BCUT2D eigenvalue weighted by atomic mass is 79.9. The lowest BCUT2D eigenvalue weighted by molar-refractivity contribution is -0.0875. The Morgan fingerprint density at radius 2 is 2.22 bits per heavy atom. The topological polar surface area (TPSA) is 80.7 Å². The molecule has 1 saturated carbocycles. The second-order valence-electron chi connectivity index (χ2n) is 7.58. The zero-order valence-corrected chi connectivity index (χ0v) is 17.0. The number of hydrogen-bond donors (Lipinski definition) is 2. The maximum Gasteiger partial charge on any atom is 0.154 e. The van der Waals surface area contributed by atoms with E-state index in [9.17, 15) is 5.11 Å². The summed E-state index contributed by atoms with van der Waals surface area (Å²) < 4.78 is 7.37. The minimum Gasteiger partial charge on any atom is -0.490 e. The molecule has 1 spiro atoms. The highest BCUT2D eigenvalue weighted by Crippen LogP contribution is 2.57. The van der Waals surface area contributed by atoms with E-state index in [4.69, 9.17) is 15.5 Å². The molecule has 7 heteroatoms. The first kappa shape index (κ1) is 17.5. The van der Waals surface area contributed by atoms with Crippen LogP contribution in [0.3, 0.4) is 0 Å². The fourth-order valence-corrected chi connectivity index (χ4v) is 6.17. The number of amidine groups is 1. The normalized spacial score (nSPS) is 34.5. The van der Waals surface area contributed by atoms with Crippen molar-refractivity contribution in [1.29, 1.82) is 0 Å². The van der Waals surface area contributed by atoms with E-state index in [0.29, 0.717) is 18.0 Å². The van der Waals surface area contributed by atoms with E-state index in [1.54, 1.807) is 24.2 Å². The lowest BCUT2D eigenvalue weighted by atomic mass is 9.63. The van der Waals surface area contributed by atoms with Gasteiger partial charge < -0.3 is 15.6 Å². The molecule has 27 heavy (non-hydrogen) atoms. The predicted octanol–water partition coefficient (Wildman–Crippen LogP) is 3.55. The number of ether oxygens (including phenoxy) is 1. The molecule has 1 aromatic carbocycles. The van der Waals surface area contributed by atoms with Gasteiger partial charge >= 0.3 is 0 Å². The SMILES string of the molecule is NC1=N[C@]2(CS1)c1cc(Br)ccc1O[C@H]1CCC(O)(c3cccnc3)C[C@@H]12. The van der Waals surface area contributed by atoms with Crippen LogP contribution in [-0.2, 0) is 11.1 Å². The van der Waals surface area contributed by atoms with Crippen molar-refractivity contribution in [2.45, 2.75) is 36.5 Å². The second-order valence-corrected chi connectivity index (χ2v) is 9.49. The number of nitrogens with zero attached hydrogens (tertiary/aromatic N) is 2. The Kier molecular flexibility index (Phi) is 4.04. The summed E-state index contributed by atoms with van der Waals surface area (Å²) in [7, 11) is 0. The molecule has 5 nitrogen and oxygen atoms in total. The first-order chi connectivity index (χ1) is 13.0. The molecular formula is C20H20BrN3O2S. The number of hydrogen-bond acceptors (Lipinski definition) is 6. The van der Waals surface area contributed by atoms with Crippen LogP contribution in [0.4, 0.5) is 0 Å². The molecule has 1 aliphatic carbocycles. The van der Waals surface area contributed by atoms with E-state index in [2.05, 4.69) is 27.0 Å². The van der Waals surface area contributed by atoms with Crippen LogP contribution in [0, 0.1) is 5.92 Å². The summed E-state index contributed by atoms with van der Waals surface area (Å²) in [6.45, 7) is 0. The Labute approximate surface area is 170 Å². The Morgan fingerprint density at radius 1 is 1.33 bits per heavy atom. The highest BCUT2D eigenvalue weighted by molar-refractivity contribution is 9.10. The van der Waals surface area contributed by atoms with Crippen molar-refractivity contribution < 1.29 is 9.84 Å². The van der Waals surface area contributed by atoms with Crippen LogP contribution in [-0.4, -0.2) is 27.1 Å². The lowest BCUT2D eigenvalue weighted by Gasteiger charge is -2.51. The third-order valence-corrected chi connectivity index (χ3v) is 7.56. The van der Waals surface area contributed by atoms with Crippen molar-refractivity contribution in [3.63, 3.8) is 0 Å². The van der Waals surface area contributed by atoms with Gasteiger partial charge in [0.1, 0.15) is 17.4 Å². The van der Waals surface area contributed by atoms with Crippen LogP contribution < -0.4 is 10.5 Å². The average molecular weight is 446 g/mol. The van der Waals surface area contributed by atoms with E-state index in [0.717, 1.165) is 33.5 Å². The molecule has 2 aromatic rings. The number of aliphatic hydroxyl groups is 1. The average Bonchev–Trinajstić information content (AvgIpc) is 3.07. The summed E-state index contributed by atoms with van der Waals surface area (Å²) in [5, 5.41) is 12.1. The number of halogens is 1. The van der Waals surface area contributed by atoms with Crippen LogP contribution in [0.2, 0.25) is 0 Å². The first-order valence-corrected chi connectivity index (χ1v) is 10.9. The van der Waals surface area contributed by atoms with Gasteiger partial charge in [0.2, 0.25) is 0 Å². The Balaban J connectivity index is 1.62. The monoisotopic (exact) mass is 445 g/mol. The molecule has 0 amide bonds. The number of thioether (sulfide) groups is 1. The van der Waals surface area contributed by atoms with Crippen LogP contribution in [0.5, 0.6) is 5.75 Å². The summed E-state index contributed by atoms with van der Waals surface area (Å²) >= 11 is 5.17. The molecule has 5 rings (SSSR count). The molecule has 1 unspecified atom stereocenters. The first-order valence-electron chi connectivity index (χ1n) is 9.08. The lowest BCUT2D eigenvalue weighted by Crippen LogP contribution is -2.54. The zero-order valence-electron chi connectivity index (χ0n) is 14.6. The summed E-state index contributed by atoms with van der Waals surface area (Å²) in [6.07, 6.45) is 5.51. The maximum atomic E-state index is 11.5. The number of benzene rings is 1. The van der Waals surface area contributed by atoms with Crippen LogP contribution in [0.25, 0.3) is 0 Å². The summed E-state index contributed by atoms with van der Waals surface area (Å²) in [5.41, 5.74) is 6.65. The largest absolute Gasteiger partial charge is 0.490 e. The Morgan fingerprint density at radius 3 is 2.96 bits per heavy atom. The van der Waals surface area contributed by atoms with Crippen molar-refractivity contribution in [3.8, 4) is 5.75 Å². The molecule has 3 aliphatic rings. The van der Waals surface area contributed by atoms with Crippen molar-refractivity contribution in [1.82, 2.24) is 4.98 Å². The van der Waals surface area contributed by atoms with Gasteiger partial charge in [0.05, 0.1) is 5.60 Å². The number of rotatable bonds is 1. The van der Waals surface area contributed by atoms with Crippen molar-refractivity contribution in [2.75, 3.05) is 5.75 Å². The molecule has 3 N–H and O–H groups in total. The van der Waals surface area contributed by atoms with Gasteiger partial charge in [0, 0.05) is 39.7 Å². The van der Waals surface area contributed by atoms with Gasteiger partial charge in [-0.1, -0.05) is 33.8 Å². The van der Waals surface area contributed by atoms with Crippen molar-refractivity contribution in [3.05, 3.63) is 58.3 Å². The Hall–Kier alpha value is -1.57. The second kappa shape index (κ2) is 6.22. The smallest absolute Gasteiger partial charge is 0.154 e. The fourth-order valence-electron chi connectivity index (χ4n) is 4.78. The van der Waals surface area contributed by atoms with Crippen LogP contribution >= 0.6 is 27.7 Å². The highest BCUT2D eigenvalue weighted by Gasteiger charge is 2.57. The van der Waals surface area contributed by atoms with Crippen LogP contribution in [0.15, 0.2) is 52.2 Å². The molecule has 0 saturated heterocycles. The molecule has 3 heterocycles. The third kappa shape index (κ3) is 2.70. The summed E-state index contributed by atoms with van der Waals surface area (Å²) in [4.78, 5) is 9.14. The van der Waals surface area contributed by atoms with Crippen molar-refractivity contribution >= 4 is 32.9 Å². The quantitative estimate of drug-likeness (QED) is 0.701. The molecule has 1 fully saturated rings. The van der Waals surface area contributed by atoms with E-state index in [-0.39, 0.29) is 12.0 Å². The van der Waals surface area contributed by atoms with E-state index in [1.165, 1.54) is 0 Å². The minimum atomic E-state index is -0.924. The molecular weight excluding hydrogens is 426 g/mol. The maximum absolute atomic E-state index is 11.5. The fraction of sp³-hybridized carbons (Fsp3) is 0.400. The van der Waals surface area contributed by atoms with Gasteiger partial charge in [-0.05, 0) is 43.5 Å². The van der Waals surface area contributed by atoms with Crippen molar-refractivity contribution in [2.24, 2.45) is 16.6 Å². The van der Waals surface area contributed by atoms with E-state index < -0.39 is 11.1 Å². The van der Waals surface area contributed by atoms with E-state index >= 15 is 0 Å². The zero-order chi connectivity index (χ0) is 18.6. The summed E-state index contributed by atoms with van der Waals surface area (Å²) in [5.74, 6) is 1.70. The number of pyridine rings is 1. The van der Waals surface area contributed by atoms with Gasteiger partial charge in [-0.3, -0.25) is 4.98 Å². The predicted molar refractivity (Wildman–Crippen MR) is 110 cm³/mol. The van der Waals surface area contributed by atoms with Crippen LogP contribution in [0.1, 0.15) is 30.4 Å². The molecule has 0 bridgehead atoms. The molecule has 1 aromatic heterocycles. The van der Waals surface area contributed by atoms with E-state index in [1.807, 2.05) is 24.3 Å². The molecule has 2 aliphatic heterocycles. The number of fused-ring (bicyclic) bond motifs is 4. The number of aromatic nitrogens is 1. The van der Waals surface area contributed by atoms with Gasteiger partial charge in [0.15, 0.2) is 5.17 Å². The minimum absolute atomic E-state index is 0.0193. The van der Waals surface area contributed by atoms with Gasteiger partial charge in [0.25, 0.3) is 0 Å². The van der Waals surface area contributed by atoms with Gasteiger partial charge in [-0.2, -0.15) is 0 Å². The Bertz CT molecular complexity index is 925. The molecule has 0 radical (unpaired) electrons. The van der Waals surface area contributed by atoms with Gasteiger partial charge in [-0.15, -0.1) is 0 Å². The summed E-state index contributed by atoms with van der Waals surface area (Å²) in [6, 6.07) is 9.92. The molecule has 4 atom stereocenters. The number of aliphatic imine (C=N–C) groups is 1. The standard InChI is InChI=1S/C20H20BrN3O2S/c21-13-3-4-16-14(8-13)20(11-27-18(22)24-20)15-9-19(25,6-5-17(15)26-16)12-2-1-7-23-10-12/h1-4,7-8,10,15,17,25H,5-6,9,11H2,(H2,22,24)/t15-,17-,19?,20+/m0/s1.